The van der Waals surface area contributed by atoms with Gasteiger partial charge in [0.25, 0.3) is 5.91 Å². The third-order valence-corrected chi connectivity index (χ3v) is 4.86. The van der Waals surface area contributed by atoms with Gasteiger partial charge in [0, 0.05) is 28.6 Å². The highest BCUT2D eigenvalue weighted by atomic mass is 19.4. The Balaban J connectivity index is 1.69. The van der Waals surface area contributed by atoms with Gasteiger partial charge in [0.2, 0.25) is 0 Å². The van der Waals surface area contributed by atoms with Crippen molar-refractivity contribution in [2.75, 3.05) is 0 Å². The van der Waals surface area contributed by atoms with E-state index in [0.29, 0.717) is 40.2 Å². The number of hydrogen-bond donors (Lipinski definition) is 2. The van der Waals surface area contributed by atoms with Gasteiger partial charge in [0.15, 0.2) is 0 Å². The number of amides is 1. The summed E-state index contributed by atoms with van der Waals surface area (Å²) in [6, 6.07) is 14.8. The molecule has 31 heavy (non-hydrogen) atoms. The van der Waals surface area contributed by atoms with Gasteiger partial charge in [0.1, 0.15) is 17.3 Å². The van der Waals surface area contributed by atoms with Crippen molar-refractivity contribution < 1.29 is 26.7 Å². The Morgan fingerprint density at radius 1 is 0.935 bits per heavy atom. The topological polar surface area (TPSA) is 44.9 Å². The van der Waals surface area contributed by atoms with Gasteiger partial charge >= 0.3 is 6.18 Å². The Morgan fingerprint density at radius 2 is 1.68 bits per heavy atom. The van der Waals surface area contributed by atoms with Crippen LogP contribution in [0.25, 0.3) is 22.0 Å². The van der Waals surface area contributed by atoms with Crippen molar-refractivity contribution in [3.05, 3.63) is 95.2 Å². The third-order valence-electron chi connectivity index (χ3n) is 4.86. The number of nitrogens with one attached hydrogen (secondary N) is 2. The zero-order chi connectivity index (χ0) is 22.2. The lowest BCUT2D eigenvalue weighted by Crippen LogP contribution is -2.24. The standard InChI is InChI=1S/C23H15F5N2O/c24-16-7-9-19-17(11-16)20(13-4-2-1-3-5-13)21(30-19)22(31)29-12-14-10-15(23(26,27)28)6-8-18(14)25/h1-11,30H,12H2,(H,29,31). The van der Waals surface area contributed by atoms with E-state index < -0.39 is 35.8 Å². The zero-order valence-corrected chi connectivity index (χ0v) is 15.9. The van der Waals surface area contributed by atoms with Crippen molar-refractivity contribution in [1.82, 2.24) is 10.3 Å². The maximum atomic E-state index is 14.0. The minimum absolute atomic E-state index is 0.0965. The highest BCUT2D eigenvalue weighted by molar-refractivity contribution is 6.09. The van der Waals surface area contributed by atoms with E-state index in [1.807, 2.05) is 0 Å². The van der Waals surface area contributed by atoms with Gasteiger partial charge in [0.05, 0.1) is 5.56 Å². The molecule has 3 aromatic carbocycles. The molecule has 0 radical (unpaired) electrons. The number of aromatic amines is 1. The molecule has 0 atom stereocenters. The molecule has 0 spiro atoms. The molecule has 158 valence electrons. The zero-order valence-electron chi connectivity index (χ0n) is 15.9. The Hall–Kier alpha value is -3.68. The first kappa shape index (κ1) is 20.6. The van der Waals surface area contributed by atoms with Gasteiger partial charge < -0.3 is 10.3 Å². The highest BCUT2D eigenvalue weighted by Crippen LogP contribution is 2.33. The molecule has 0 unspecified atom stereocenters. The number of carbonyl (C=O) groups excluding carboxylic acids is 1. The first-order valence-electron chi connectivity index (χ1n) is 9.24. The fourth-order valence-corrected chi connectivity index (χ4v) is 3.39. The monoisotopic (exact) mass is 430 g/mol. The fourth-order valence-electron chi connectivity index (χ4n) is 3.39. The van der Waals surface area contributed by atoms with E-state index in [2.05, 4.69) is 10.3 Å². The largest absolute Gasteiger partial charge is 0.416 e. The third kappa shape index (κ3) is 4.14. The Morgan fingerprint density at radius 3 is 2.39 bits per heavy atom. The summed E-state index contributed by atoms with van der Waals surface area (Å²) in [6.07, 6.45) is -4.63. The predicted octanol–water partition coefficient (Wildman–Crippen LogP) is 6.06. The molecular weight excluding hydrogens is 415 g/mol. The van der Waals surface area contributed by atoms with Gasteiger partial charge in [-0.15, -0.1) is 0 Å². The normalized spacial score (nSPS) is 11.6. The number of benzene rings is 3. The van der Waals surface area contributed by atoms with Gasteiger partial charge in [-0.25, -0.2) is 8.78 Å². The van der Waals surface area contributed by atoms with Crippen LogP contribution in [0.4, 0.5) is 22.0 Å². The summed E-state index contributed by atoms with van der Waals surface area (Å²) in [6.45, 7) is -0.452. The number of aromatic nitrogens is 1. The fraction of sp³-hybridized carbons (Fsp3) is 0.0870. The minimum Gasteiger partial charge on any atom is -0.350 e. The molecule has 4 aromatic rings. The van der Waals surface area contributed by atoms with Crippen LogP contribution in [0, 0.1) is 11.6 Å². The molecule has 0 aliphatic carbocycles. The van der Waals surface area contributed by atoms with Crippen molar-refractivity contribution >= 4 is 16.8 Å². The average molecular weight is 430 g/mol. The summed E-state index contributed by atoms with van der Waals surface area (Å²) in [4.78, 5) is 15.8. The lowest BCUT2D eigenvalue weighted by atomic mass is 10.0. The number of fused-ring (bicyclic) bond motifs is 1. The lowest BCUT2D eigenvalue weighted by molar-refractivity contribution is -0.137. The van der Waals surface area contributed by atoms with E-state index in [4.69, 9.17) is 0 Å². The highest BCUT2D eigenvalue weighted by Gasteiger charge is 2.31. The summed E-state index contributed by atoms with van der Waals surface area (Å²) in [5.74, 6) is -2.01. The van der Waals surface area contributed by atoms with Crippen molar-refractivity contribution in [3.8, 4) is 11.1 Å². The number of hydrogen-bond acceptors (Lipinski definition) is 1. The Kier molecular flexibility index (Phi) is 5.22. The van der Waals surface area contributed by atoms with Gasteiger partial charge in [-0.2, -0.15) is 13.2 Å². The second-order valence-electron chi connectivity index (χ2n) is 6.92. The molecule has 0 aliphatic heterocycles. The van der Waals surface area contributed by atoms with E-state index in [-0.39, 0.29) is 11.3 Å². The lowest BCUT2D eigenvalue weighted by Gasteiger charge is -2.11. The van der Waals surface area contributed by atoms with Crippen molar-refractivity contribution in [2.24, 2.45) is 0 Å². The van der Waals surface area contributed by atoms with E-state index in [1.54, 1.807) is 30.3 Å². The molecule has 2 N–H and O–H groups in total. The molecule has 1 aromatic heterocycles. The molecule has 8 heteroatoms. The summed E-state index contributed by atoms with van der Waals surface area (Å²) in [5, 5.41) is 2.92. The van der Waals surface area contributed by atoms with Gasteiger partial charge in [-0.05, 0) is 42.0 Å². The van der Waals surface area contributed by atoms with Crippen LogP contribution in [0.5, 0.6) is 0 Å². The van der Waals surface area contributed by atoms with Crippen LogP contribution in [-0.4, -0.2) is 10.9 Å². The predicted molar refractivity (Wildman–Crippen MR) is 106 cm³/mol. The van der Waals surface area contributed by atoms with Crippen molar-refractivity contribution in [2.45, 2.75) is 12.7 Å². The van der Waals surface area contributed by atoms with E-state index in [1.165, 1.54) is 18.2 Å². The summed E-state index contributed by atoms with van der Waals surface area (Å²) < 4.78 is 66.6. The number of alkyl halides is 3. The summed E-state index contributed by atoms with van der Waals surface area (Å²) >= 11 is 0. The quantitative estimate of drug-likeness (QED) is 0.380. The maximum absolute atomic E-state index is 14.0. The molecule has 1 amide bonds. The Bertz CT molecular complexity index is 1260. The van der Waals surface area contributed by atoms with Crippen LogP contribution in [0.3, 0.4) is 0 Å². The van der Waals surface area contributed by atoms with Gasteiger partial charge in [-0.1, -0.05) is 30.3 Å². The van der Waals surface area contributed by atoms with Crippen LogP contribution in [0.1, 0.15) is 21.6 Å². The van der Waals surface area contributed by atoms with Crippen LogP contribution in [-0.2, 0) is 12.7 Å². The number of H-pyrrole nitrogens is 1. The number of halogens is 5. The maximum Gasteiger partial charge on any atom is 0.416 e. The molecule has 4 rings (SSSR count). The molecule has 0 bridgehead atoms. The van der Waals surface area contributed by atoms with E-state index in [0.717, 1.165) is 0 Å². The molecule has 0 saturated heterocycles. The molecule has 0 aliphatic rings. The van der Waals surface area contributed by atoms with Crippen molar-refractivity contribution in [3.63, 3.8) is 0 Å². The van der Waals surface area contributed by atoms with Crippen LogP contribution in [0.15, 0.2) is 66.7 Å². The summed E-state index contributed by atoms with van der Waals surface area (Å²) in [7, 11) is 0. The Labute approximate surface area is 173 Å². The van der Waals surface area contributed by atoms with Crippen LogP contribution >= 0.6 is 0 Å². The molecule has 3 nitrogen and oxygen atoms in total. The second kappa shape index (κ2) is 7.86. The SMILES string of the molecule is O=C(NCc1cc(C(F)(F)F)ccc1F)c1[nH]c2ccc(F)cc2c1-c1ccccc1. The van der Waals surface area contributed by atoms with Gasteiger partial charge in [-0.3, -0.25) is 4.79 Å². The number of carbonyl (C=O) groups is 1. The van der Waals surface area contributed by atoms with Crippen molar-refractivity contribution in [1.29, 1.82) is 0 Å². The molecule has 0 fully saturated rings. The smallest absolute Gasteiger partial charge is 0.350 e. The average Bonchev–Trinajstić information content (AvgIpc) is 3.11. The molecule has 1 heterocycles. The summed E-state index contributed by atoms with van der Waals surface area (Å²) in [5.41, 5.74) is 0.387. The molecule has 0 saturated carbocycles. The van der Waals surface area contributed by atoms with E-state index >= 15 is 0 Å². The second-order valence-corrected chi connectivity index (χ2v) is 6.92. The minimum atomic E-state index is -4.63. The molecular formula is C23H15F5N2O. The van der Waals surface area contributed by atoms with Crippen LogP contribution in [0.2, 0.25) is 0 Å². The van der Waals surface area contributed by atoms with Crippen LogP contribution < -0.4 is 5.32 Å². The first-order chi connectivity index (χ1) is 14.7. The van der Waals surface area contributed by atoms with E-state index in [9.17, 15) is 26.7 Å². The number of rotatable bonds is 4. The first-order valence-corrected chi connectivity index (χ1v) is 9.24.